The minimum absolute atomic E-state index is 0.149. The first-order chi connectivity index (χ1) is 12.6. The summed E-state index contributed by atoms with van der Waals surface area (Å²) >= 11 is 0. The first-order valence-corrected chi connectivity index (χ1v) is 7.91. The molecule has 1 aromatic heterocycles. The van der Waals surface area contributed by atoms with Crippen molar-refractivity contribution < 1.29 is 18.7 Å². The molecule has 0 aliphatic rings. The molecule has 0 amide bonds. The average molecular weight is 352 g/mol. The fourth-order valence-corrected chi connectivity index (χ4v) is 2.29. The normalized spacial score (nSPS) is 11.0. The number of benzene rings is 2. The van der Waals surface area contributed by atoms with Crippen molar-refractivity contribution in [2.24, 2.45) is 10.2 Å². The van der Waals surface area contributed by atoms with Crippen LogP contribution in [0.15, 0.2) is 68.0 Å². The Morgan fingerprint density at radius 2 is 1.73 bits per heavy atom. The molecule has 0 aliphatic heterocycles. The molecule has 0 saturated heterocycles. The van der Waals surface area contributed by atoms with Crippen LogP contribution < -0.4 is 10.4 Å². The topological polar surface area (TPSA) is 90.5 Å². The highest BCUT2D eigenvalue weighted by Gasteiger charge is 2.14. The van der Waals surface area contributed by atoms with Crippen molar-refractivity contribution in [3.8, 4) is 5.75 Å². The quantitative estimate of drug-likeness (QED) is 0.386. The second kappa shape index (κ2) is 7.60. The Kier molecular flexibility index (Phi) is 5.07. The molecular weight excluding hydrogens is 336 g/mol. The van der Waals surface area contributed by atoms with Gasteiger partial charge >= 0.3 is 11.6 Å². The van der Waals surface area contributed by atoms with E-state index >= 15 is 0 Å². The number of carbonyl (C=O) groups excluding carboxylic acids is 1. The summed E-state index contributed by atoms with van der Waals surface area (Å²) in [6.07, 6.45) is 0. The maximum Gasteiger partial charge on any atom is 0.351 e. The molecule has 3 aromatic rings. The summed E-state index contributed by atoms with van der Waals surface area (Å²) in [6.45, 7) is 1.84. The lowest BCUT2D eigenvalue weighted by atomic mass is 10.1. The Hall–Kier alpha value is -3.48. The van der Waals surface area contributed by atoms with Crippen molar-refractivity contribution in [2.75, 3.05) is 13.7 Å². The standard InChI is InChI=1S/C19H16N2O5/c1-3-25-18(22)16-11-12-10-14(6-9-17(12)26-19(16)23)21-20-13-4-7-15(24-2)8-5-13/h4-11H,3H2,1-2H3. The molecule has 2 aromatic carbocycles. The number of nitrogens with zero attached hydrogens (tertiary/aromatic N) is 2. The van der Waals surface area contributed by atoms with Gasteiger partial charge in [0.05, 0.1) is 25.1 Å². The molecule has 0 aliphatic carbocycles. The van der Waals surface area contributed by atoms with Crippen molar-refractivity contribution in [3.63, 3.8) is 0 Å². The molecule has 0 unspecified atom stereocenters. The minimum Gasteiger partial charge on any atom is -0.497 e. The van der Waals surface area contributed by atoms with Gasteiger partial charge in [-0.25, -0.2) is 9.59 Å². The van der Waals surface area contributed by atoms with Crippen molar-refractivity contribution in [3.05, 3.63) is 64.5 Å². The number of esters is 1. The van der Waals surface area contributed by atoms with Crippen molar-refractivity contribution >= 4 is 28.3 Å². The summed E-state index contributed by atoms with van der Waals surface area (Å²) < 4.78 is 15.1. The number of methoxy groups -OCH3 is 1. The summed E-state index contributed by atoms with van der Waals surface area (Å²) in [7, 11) is 1.59. The third-order valence-electron chi connectivity index (χ3n) is 3.56. The molecule has 1 heterocycles. The third-order valence-corrected chi connectivity index (χ3v) is 3.56. The van der Waals surface area contributed by atoms with Crippen LogP contribution in [0.2, 0.25) is 0 Å². The third kappa shape index (κ3) is 3.77. The van der Waals surface area contributed by atoms with E-state index in [-0.39, 0.29) is 12.2 Å². The van der Waals surface area contributed by atoms with Gasteiger partial charge in [-0.05, 0) is 55.5 Å². The summed E-state index contributed by atoms with van der Waals surface area (Å²) in [4.78, 5) is 23.7. The van der Waals surface area contributed by atoms with Gasteiger partial charge in [0.25, 0.3) is 0 Å². The van der Waals surface area contributed by atoms with Crippen LogP contribution in [0, 0.1) is 0 Å². The summed E-state index contributed by atoms with van der Waals surface area (Å²) in [5.74, 6) is 0.0181. The van der Waals surface area contributed by atoms with E-state index in [1.165, 1.54) is 6.07 Å². The van der Waals surface area contributed by atoms with Crippen molar-refractivity contribution in [1.29, 1.82) is 0 Å². The molecule has 0 spiro atoms. The monoisotopic (exact) mass is 352 g/mol. The maximum atomic E-state index is 11.9. The Labute approximate surface area is 148 Å². The fraction of sp³-hybridized carbons (Fsp3) is 0.158. The van der Waals surface area contributed by atoms with Gasteiger partial charge < -0.3 is 13.9 Å². The van der Waals surface area contributed by atoms with E-state index < -0.39 is 11.6 Å². The number of carbonyl (C=O) groups is 1. The summed E-state index contributed by atoms with van der Waals surface area (Å²) in [5.41, 5.74) is 0.688. The van der Waals surface area contributed by atoms with Gasteiger partial charge in [-0.3, -0.25) is 0 Å². The molecule has 0 atom stereocenters. The largest absolute Gasteiger partial charge is 0.497 e. The molecule has 0 fully saturated rings. The van der Waals surface area contributed by atoms with Crippen LogP contribution >= 0.6 is 0 Å². The highest BCUT2D eigenvalue weighted by atomic mass is 16.5. The van der Waals surface area contributed by atoms with Crippen LogP contribution in [0.3, 0.4) is 0 Å². The van der Waals surface area contributed by atoms with Gasteiger partial charge in [-0.15, -0.1) is 0 Å². The van der Waals surface area contributed by atoms with Gasteiger partial charge in [0.1, 0.15) is 16.9 Å². The van der Waals surface area contributed by atoms with Gasteiger partial charge in [0, 0.05) is 5.39 Å². The van der Waals surface area contributed by atoms with E-state index in [1.807, 2.05) is 0 Å². The average Bonchev–Trinajstić information content (AvgIpc) is 2.66. The summed E-state index contributed by atoms with van der Waals surface area (Å²) in [6, 6.07) is 13.5. The number of rotatable bonds is 5. The van der Waals surface area contributed by atoms with E-state index in [1.54, 1.807) is 56.5 Å². The van der Waals surface area contributed by atoms with E-state index in [0.29, 0.717) is 22.3 Å². The molecule has 7 heteroatoms. The Morgan fingerprint density at radius 3 is 2.42 bits per heavy atom. The zero-order valence-electron chi connectivity index (χ0n) is 14.3. The number of ether oxygens (including phenoxy) is 2. The van der Waals surface area contributed by atoms with Crippen LogP contribution in [0.1, 0.15) is 17.3 Å². The minimum atomic E-state index is -0.733. The van der Waals surface area contributed by atoms with Gasteiger partial charge in [-0.1, -0.05) is 0 Å². The predicted molar refractivity (Wildman–Crippen MR) is 95.6 cm³/mol. The Morgan fingerprint density at radius 1 is 1.04 bits per heavy atom. The lowest BCUT2D eigenvalue weighted by Crippen LogP contribution is -2.16. The Bertz CT molecular complexity index is 1020. The number of hydrogen-bond acceptors (Lipinski definition) is 7. The van der Waals surface area contributed by atoms with E-state index in [0.717, 1.165) is 5.75 Å². The van der Waals surface area contributed by atoms with Gasteiger partial charge in [0.15, 0.2) is 0 Å². The SMILES string of the molecule is CCOC(=O)c1cc2cc(N=Nc3ccc(OC)cc3)ccc2oc1=O. The number of azo groups is 1. The molecular formula is C19H16N2O5. The predicted octanol–water partition coefficient (Wildman–Crippen LogP) is 4.39. The van der Waals surface area contributed by atoms with Crippen molar-refractivity contribution in [1.82, 2.24) is 0 Å². The van der Waals surface area contributed by atoms with Crippen LogP contribution in [0.25, 0.3) is 11.0 Å². The zero-order chi connectivity index (χ0) is 18.5. The molecule has 132 valence electrons. The van der Waals surface area contributed by atoms with Gasteiger partial charge in [-0.2, -0.15) is 10.2 Å². The van der Waals surface area contributed by atoms with Gasteiger partial charge in [0.2, 0.25) is 0 Å². The van der Waals surface area contributed by atoms with Crippen LogP contribution in [-0.2, 0) is 4.74 Å². The molecule has 0 saturated carbocycles. The molecule has 0 radical (unpaired) electrons. The lowest BCUT2D eigenvalue weighted by molar-refractivity contribution is 0.0522. The molecule has 0 bridgehead atoms. The molecule has 0 N–H and O–H groups in total. The number of hydrogen-bond donors (Lipinski definition) is 0. The smallest absolute Gasteiger partial charge is 0.351 e. The highest BCUT2D eigenvalue weighted by molar-refractivity contribution is 5.93. The summed E-state index contributed by atoms with van der Waals surface area (Å²) in [5, 5.41) is 8.87. The first kappa shape index (κ1) is 17.3. The second-order valence-corrected chi connectivity index (χ2v) is 5.29. The molecule has 7 nitrogen and oxygen atoms in total. The number of fused-ring (bicyclic) bond motifs is 1. The zero-order valence-corrected chi connectivity index (χ0v) is 14.3. The first-order valence-electron chi connectivity index (χ1n) is 7.91. The van der Waals surface area contributed by atoms with Crippen molar-refractivity contribution in [2.45, 2.75) is 6.92 Å². The molecule has 26 heavy (non-hydrogen) atoms. The lowest BCUT2D eigenvalue weighted by Gasteiger charge is -2.03. The maximum absolute atomic E-state index is 11.9. The second-order valence-electron chi connectivity index (χ2n) is 5.29. The van der Waals surface area contributed by atoms with E-state index in [4.69, 9.17) is 13.9 Å². The Balaban J connectivity index is 1.92. The molecule has 3 rings (SSSR count). The van der Waals surface area contributed by atoms with Crippen LogP contribution in [0.4, 0.5) is 11.4 Å². The van der Waals surface area contributed by atoms with Crippen LogP contribution in [-0.4, -0.2) is 19.7 Å². The highest BCUT2D eigenvalue weighted by Crippen LogP contribution is 2.24. The fourth-order valence-electron chi connectivity index (χ4n) is 2.29. The van der Waals surface area contributed by atoms with E-state index in [9.17, 15) is 9.59 Å². The van der Waals surface area contributed by atoms with E-state index in [2.05, 4.69) is 10.2 Å². The van der Waals surface area contributed by atoms with Crippen LogP contribution in [0.5, 0.6) is 5.75 Å².